The molecule has 0 radical (unpaired) electrons. The standard InChI is InChI=1S/C26H21FN4O2/c1-16-7-6-10-19(15-16)24-29-25(33-30-24)22-17(2)31(21-13-11-20(27)12-14-21)26(32)28-23(22)18-8-4-3-5-9-18/h3-15,23H,1-2H3,(H,28,32). The van der Waals surface area contributed by atoms with Gasteiger partial charge in [0, 0.05) is 11.3 Å². The Balaban J connectivity index is 1.65. The van der Waals surface area contributed by atoms with E-state index in [2.05, 4.69) is 15.5 Å². The van der Waals surface area contributed by atoms with Crippen molar-refractivity contribution in [3.63, 3.8) is 0 Å². The van der Waals surface area contributed by atoms with E-state index in [1.165, 1.54) is 17.0 Å². The van der Waals surface area contributed by atoms with Crippen molar-refractivity contribution >= 4 is 17.3 Å². The molecule has 4 aromatic rings. The maximum absolute atomic E-state index is 13.5. The van der Waals surface area contributed by atoms with E-state index in [0.29, 0.717) is 28.7 Å². The number of nitrogens with one attached hydrogen (secondary N) is 1. The number of carbonyl (C=O) groups excluding carboxylic acids is 1. The normalized spacial score (nSPS) is 16.2. The second kappa shape index (κ2) is 8.35. The Kier molecular flexibility index (Phi) is 5.22. The van der Waals surface area contributed by atoms with Crippen LogP contribution in [0.3, 0.4) is 0 Å². The molecule has 0 spiro atoms. The minimum Gasteiger partial charge on any atom is -0.334 e. The zero-order valence-electron chi connectivity index (χ0n) is 18.1. The third-order valence-corrected chi connectivity index (χ3v) is 5.64. The first-order valence-electron chi connectivity index (χ1n) is 10.5. The van der Waals surface area contributed by atoms with E-state index in [1.807, 2.05) is 68.4 Å². The average Bonchev–Trinajstić information content (AvgIpc) is 3.30. The molecule has 1 N–H and O–H groups in total. The van der Waals surface area contributed by atoms with Crippen LogP contribution in [0.5, 0.6) is 0 Å². The number of anilines is 1. The second-order valence-corrected chi connectivity index (χ2v) is 7.90. The van der Waals surface area contributed by atoms with E-state index in [0.717, 1.165) is 16.7 Å². The number of carbonyl (C=O) groups is 1. The van der Waals surface area contributed by atoms with Crippen LogP contribution in [-0.2, 0) is 0 Å². The molecule has 3 aromatic carbocycles. The second-order valence-electron chi connectivity index (χ2n) is 7.90. The largest absolute Gasteiger partial charge is 0.334 e. The first-order valence-corrected chi connectivity index (χ1v) is 10.5. The molecule has 1 aromatic heterocycles. The molecular weight excluding hydrogens is 419 g/mol. The van der Waals surface area contributed by atoms with Gasteiger partial charge in [0.1, 0.15) is 5.82 Å². The highest BCUT2D eigenvalue weighted by molar-refractivity contribution is 6.01. The molecule has 1 aliphatic heterocycles. The topological polar surface area (TPSA) is 71.3 Å². The van der Waals surface area contributed by atoms with Crippen LogP contribution in [-0.4, -0.2) is 16.2 Å². The van der Waals surface area contributed by atoms with Gasteiger partial charge in [0.15, 0.2) is 0 Å². The fourth-order valence-corrected chi connectivity index (χ4v) is 4.05. The summed E-state index contributed by atoms with van der Waals surface area (Å²) in [4.78, 5) is 19.3. The highest BCUT2D eigenvalue weighted by Crippen LogP contribution is 2.39. The first kappa shape index (κ1) is 20.6. The van der Waals surface area contributed by atoms with E-state index in [9.17, 15) is 9.18 Å². The molecule has 0 bridgehead atoms. The Bertz CT molecular complexity index is 1350. The van der Waals surface area contributed by atoms with Crippen molar-refractivity contribution in [2.24, 2.45) is 0 Å². The molecule has 1 atom stereocenters. The molecular formula is C26H21FN4O2. The molecule has 2 amide bonds. The lowest BCUT2D eigenvalue weighted by molar-refractivity contribution is 0.244. The Morgan fingerprint density at radius 3 is 2.45 bits per heavy atom. The smallest absolute Gasteiger partial charge is 0.326 e. The average molecular weight is 440 g/mol. The van der Waals surface area contributed by atoms with Crippen molar-refractivity contribution < 1.29 is 13.7 Å². The molecule has 164 valence electrons. The lowest BCUT2D eigenvalue weighted by Gasteiger charge is -2.35. The molecule has 6 nitrogen and oxygen atoms in total. The molecule has 0 saturated carbocycles. The van der Waals surface area contributed by atoms with Crippen molar-refractivity contribution in [1.29, 1.82) is 0 Å². The minimum absolute atomic E-state index is 0.310. The third kappa shape index (κ3) is 3.89. The molecule has 5 rings (SSSR count). The SMILES string of the molecule is CC1=C(c2nc(-c3cccc(C)c3)no2)C(c2ccccc2)NC(=O)N1c1ccc(F)cc1. The number of benzene rings is 3. The van der Waals surface area contributed by atoms with Gasteiger partial charge in [0.2, 0.25) is 5.82 Å². The number of aromatic nitrogens is 2. The molecule has 2 heterocycles. The van der Waals surface area contributed by atoms with Crippen LogP contribution < -0.4 is 10.2 Å². The van der Waals surface area contributed by atoms with E-state index in [-0.39, 0.29) is 11.8 Å². The first-order chi connectivity index (χ1) is 16.0. The van der Waals surface area contributed by atoms with E-state index in [4.69, 9.17) is 4.52 Å². The number of allylic oxidation sites excluding steroid dienone is 1. The number of halogens is 1. The fraction of sp³-hybridized carbons (Fsp3) is 0.115. The van der Waals surface area contributed by atoms with Crippen molar-refractivity contribution in [3.8, 4) is 11.4 Å². The van der Waals surface area contributed by atoms with Crippen molar-refractivity contribution in [3.05, 3.63) is 107 Å². The van der Waals surface area contributed by atoms with Crippen LogP contribution >= 0.6 is 0 Å². The van der Waals surface area contributed by atoms with Crippen LogP contribution in [0.15, 0.2) is 89.1 Å². The Morgan fingerprint density at radius 2 is 1.73 bits per heavy atom. The highest BCUT2D eigenvalue weighted by Gasteiger charge is 2.36. The Hall–Kier alpha value is -4.26. The van der Waals surface area contributed by atoms with Crippen LogP contribution in [0.4, 0.5) is 14.9 Å². The van der Waals surface area contributed by atoms with Crippen LogP contribution in [0, 0.1) is 12.7 Å². The summed E-state index contributed by atoms with van der Waals surface area (Å²) < 4.78 is 19.2. The Morgan fingerprint density at radius 1 is 0.970 bits per heavy atom. The highest BCUT2D eigenvalue weighted by atomic mass is 19.1. The molecule has 33 heavy (non-hydrogen) atoms. The number of urea groups is 1. The van der Waals surface area contributed by atoms with Gasteiger partial charge in [-0.2, -0.15) is 4.98 Å². The van der Waals surface area contributed by atoms with Gasteiger partial charge in [-0.1, -0.05) is 59.3 Å². The van der Waals surface area contributed by atoms with Crippen molar-refractivity contribution in [2.75, 3.05) is 4.90 Å². The van der Waals surface area contributed by atoms with Gasteiger partial charge in [-0.25, -0.2) is 9.18 Å². The number of nitrogens with zero attached hydrogens (tertiary/aromatic N) is 3. The number of hydrogen-bond donors (Lipinski definition) is 1. The predicted octanol–water partition coefficient (Wildman–Crippen LogP) is 5.89. The Labute approximate surface area is 190 Å². The summed E-state index contributed by atoms with van der Waals surface area (Å²) in [5.74, 6) is 0.399. The summed E-state index contributed by atoms with van der Waals surface area (Å²) in [6.45, 7) is 3.82. The van der Waals surface area contributed by atoms with Gasteiger partial charge in [0.25, 0.3) is 5.89 Å². The monoisotopic (exact) mass is 440 g/mol. The van der Waals surface area contributed by atoms with Gasteiger partial charge in [0.05, 0.1) is 17.3 Å². The van der Waals surface area contributed by atoms with Gasteiger partial charge in [-0.15, -0.1) is 0 Å². The van der Waals surface area contributed by atoms with Gasteiger partial charge < -0.3 is 9.84 Å². The van der Waals surface area contributed by atoms with E-state index in [1.54, 1.807) is 12.1 Å². The fourth-order valence-electron chi connectivity index (χ4n) is 4.05. The number of amides is 2. The lowest BCUT2D eigenvalue weighted by Crippen LogP contribution is -2.46. The van der Waals surface area contributed by atoms with Crippen LogP contribution in [0.2, 0.25) is 0 Å². The summed E-state index contributed by atoms with van der Waals surface area (Å²) in [6, 6.07) is 22.4. The maximum atomic E-state index is 13.5. The summed E-state index contributed by atoms with van der Waals surface area (Å²) in [5.41, 5.74) is 4.65. The third-order valence-electron chi connectivity index (χ3n) is 5.64. The maximum Gasteiger partial charge on any atom is 0.326 e. The van der Waals surface area contributed by atoms with Crippen molar-refractivity contribution in [1.82, 2.24) is 15.5 Å². The molecule has 7 heteroatoms. The minimum atomic E-state index is -0.485. The van der Waals surface area contributed by atoms with Crippen LogP contribution in [0.1, 0.15) is 30.0 Å². The van der Waals surface area contributed by atoms with E-state index >= 15 is 0 Å². The zero-order chi connectivity index (χ0) is 22.9. The molecule has 0 fully saturated rings. The van der Waals surface area contributed by atoms with Gasteiger partial charge >= 0.3 is 6.03 Å². The summed E-state index contributed by atoms with van der Waals surface area (Å²) in [7, 11) is 0. The van der Waals surface area contributed by atoms with E-state index < -0.39 is 6.04 Å². The molecule has 0 aliphatic carbocycles. The quantitative estimate of drug-likeness (QED) is 0.430. The molecule has 1 unspecified atom stereocenters. The number of rotatable bonds is 4. The summed E-state index contributed by atoms with van der Waals surface area (Å²) >= 11 is 0. The predicted molar refractivity (Wildman–Crippen MR) is 124 cm³/mol. The lowest BCUT2D eigenvalue weighted by atomic mass is 9.94. The van der Waals surface area contributed by atoms with Crippen LogP contribution in [0.25, 0.3) is 17.0 Å². The summed E-state index contributed by atoms with van der Waals surface area (Å²) in [6.07, 6.45) is 0. The number of hydrogen-bond acceptors (Lipinski definition) is 4. The molecule has 0 saturated heterocycles. The zero-order valence-corrected chi connectivity index (χ0v) is 18.1. The van der Waals surface area contributed by atoms with Gasteiger partial charge in [-0.3, -0.25) is 4.90 Å². The van der Waals surface area contributed by atoms with Gasteiger partial charge in [-0.05, 0) is 49.7 Å². The molecule has 1 aliphatic rings. The number of aryl methyl sites for hydroxylation is 1. The summed E-state index contributed by atoms with van der Waals surface area (Å²) in [5, 5.41) is 7.23. The van der Waals surface area contributed by atoms with Crippen molar-refractivity contribution in [2.45, 2.75) is 19.9 Å².